The number of hydrogen-bond acceptors (Lipinski definition) is 4. The van der Waals surface area contributed by atoms with Crippen molar-refractivity contribution in [1.82, 2.24) is 19.9 Å². The van der Waals surface area contributed by atoms with Gasteiger partial charge in [-0.05, 0) is 36.8 Å². The second-order valence-corrected chi connectivity index (χ2v) is 5.75. The quantitative estimate of drug-likeness (QED) is 0.694. The topological polar surface area (TPSA) is 60.2 Å². The molecule has 3 aromatic rings. The number of benzene rings is 2. The van der Waals surface area contributed by atoms with E-state index in [0.29, 0.717) is 18.8 Å². The number of rotatable bonds is 6. The van der Waals surface area contributed by atoms with Gasteiger partial charge in [-0.25, -0.2) is 0 Å². The van der Waals surface area contributed by atoms with Gasteiger partial charge in [-0.1, -0.05) is 30.3 Å². The van der Waals surface area contributed by atoms with Crippen LogP contribution in [0.2, 0.25) is 0 Å². The smallest absolute Gasteiger partial charge is 0.275 e. The molecule has 0 fully saturated rings. The first-order valence-electron chi connectivity index (χ1n) is 8.06. The van der Waals surface area contributed by atoms with Gasteiger partial charge >= 0.3 is 0 Å². The maximum atomic E-state index is 12.4. The van der Waals surface area contributed by atoms with Crippen LogP contribution in [-0.4, -0.2) is 46.0 Å². The summed E-state index contributed by atoms with van der Waals surface area (Å²) < 4.78 is 5.68. The van der Waals surface area contributed by atoms with E-state index in [4.69, 9.17) is 4.74 Å². The number of ether oxygens (including phenoxy) is 1. The Labute approximate surface area is 146 Å². The summed E-state index contributed by atoms with van der Waals surface area (Å²) in [7, 11) is 1.73. The lowest BCUT2D eigenvalue weighted by molar-refractivity contribution is 0.0767. The van der Waals surface area contributed by atoms with Crippen LogP contribution in [-0.2, 0) is 0 Å². The Kier molecular flexibility index (Phi) is 5.09. The number of carbonyl (C=O) groups excluding carboxylic acids is 1. The third-order valence-corrected chi connectivity index (χ3v) is 3.73. The van der Waals surface area contributed by atoms with Crippen molar-refractivity contribution in [3.8, 4) is 11.4 Å². The van der Waals surface area contributed by atoms with Gasteiger partial charge in [-0.2, -0.15) is 9.90 Å². The molecule has 0 saturated heterocycles. The van der Waals surface area contributed by atoms with E-state index in [1.54, 1.807) is 11.9 Å². The van der Waals surface area contributed by atoms with E-state index in [9.17, 15) is 4.79 Å². The fourth-order valence-electron chi connectivity index (χ4n) is 2.35. The average Bonchev–Trinajstić information content (AvgIpc) is 3.12. The molecule has 1 heterocycles. The van der Waals surface area contributed by atoms with Gasteiger partial charge in [0.1, 0.15) is 12.4 Å². The van der Waals surface area contributed by atoms with Crippen LogP contribution in [0.1, 0.15) is 16.1 Å². The molecule has 2 aromatic carbocycles. The van der Waals surface area contributed by atoms with Gasteiger partial charge in [0.15, 0.2) is 5.69 Å². The van der Waals surface area contributed by atoms with Crippen molar-refractivity contribution < 1.29 is 9.53 Å². The van der Waals surface area contributed by atoms with Gasteiger partial charge in [-0.3, -0.25) is 4.79 Å². The molecule has 3 rings (SSSR count). The number of likely N-dealkylation sites (N-methyl/N-ethyl adjacent to an activating group) is 1. The summed E-state index contributed by atoms with van der Waals surface area (Å²) in [5.74, 6) is 0.617. The molecule has 0 spiro atoms. The number of aryl methyl sites for hydroxylation is 1. The maximum Gasteiger partial charge on any atom is 0.275 e. The SMILES string of the molecule is Cc1cccc(OCCN(C)C(=O)c2cnn(-c3ccccc3)n2)c1. The van der Waals surface area contributed by atoms with Crippen molar-refractivity contribution in [2.75, 3.05) is 20.2 Å². The molecule has 0 aliphatic heterocycles. The minimum Gasteiger partial charge on any atom is -0.492 e. The van der Waals surface area contributed by atoms with E-state index < -0.39 is 0 Å². The predicted molar refractivity (Wildman–Crippen MR) is 95.0 cm³/mol. The second-order valence-electron chi connectivity index (χ2n) is 5.75. The summed E-state index contributed by atoms with van der Waals surface area (Å²) in [6.45, 7) is 2.89. The highest BCUT2D eigenvalue weighted by atomic mass is 16.5. The van der Waals surface area contributed by atoms with Crippen LogP contribution in [0.25, 0.3) is 5.69 Å². The fourth-order valence-corrected chi connectivity index (χ4v) is 2.35. The molecule has 0 atom stereocenters. The van der Waals surface area contributed by atoms with Gasteiger partial charge in [0.05, 0.1) is 18.4 Å². The van der Waals surface area contributed by atoms with Crippen molar-refractivity contribution in [1.29, 1.82) is 0 Å². The Balaban J connectivity index is 1.56. The molecule has 128 valence electrons. The summed E-state index contributed by atoms with van der Waals surface area (Å²) >= 11 is 0. The maximum absolute atomic E-state index is 12.4. The van der Waals surface area contributed by atoms with Gasteiger partial charge in [0.2, 0.25) is 0 Å². The Hall–Kier alpha value is -3.15. The zero-order chi connectivity index (χ0) is 17.6. The van der Waals surface area contributed by atoms with E-state index in [1.165, 1.54) is 11.0 Å². The zero-order valence-corrected chi connectivity index (χ0v) is 14.3. The van der Waals surface area contributed by atoms with Crippen LogP contribution in [0.15, 0.2) is 60.8 Å². The first kappa shape index (κ1) is 16.7. The lowest BCUT2D eigenvalue weighted by atomic mass is 10.2. The predicted octanol–water partition coefficient (Wildman–Crippen LogP) is 2.73. The molecule has 0 aliphatic rings. The van der Waals surface area contributed by atoms with E-state index >= 15 is 0 Å². The van der Waals surface area contributed by atoms with Crippen LogP contribution in [0.4, 0.5) is 0 Å². The summed E-state index contributed by atoms with van der Waals surface area (Å²) in [5.41, 5.74) is 2.26. The Morgan fingerprint density at radius 3 is 2.72 bits per heavy atom. The summed E-state index contributed by atoms with van der Waals surface area (Å²) in [4.78, 5) is 15.5. The van der Waals surface area contributed by atoms with Crippen LogP contribution in [0.5, 0.6) is 5.75 Å². The molecular weight excluding hydrogens is 316 g/mol. The van der Waals surface area contributed by atoms with Crippen molar-refractivity contribution >= 4 is 5.91 Å². The van der Waals surface area contributed by atoms with Crippen LogP contribution < -0.4 is 4.74 Å². The number of carbonyl (C=O) groups is 1. The molecule has 1 aromatic heterocycles. The summed E-state index contributed by atoms with van der Waals surface area (Å²) in [6, 6.07) is 17.3. The van der Waals surface area contributed by atoms with Crippen molar-refractivity contribution in [3.63, 3.8) is 0 Å². The van der Waals surface area contributed by atoms with E-state index in [0.717, 1.165) is 17.0 Å². The van der Waals surface area contributed by atoms with E-state index in [-0.39, 0.29) is 5.91 Å². The molecule has 1 amide bonds. The monoisotopic (exact) mass is 336 g/mol. The first-order chi connectivity index (χ1) is 12.1. The Bertz CT molecular complexity index is 845. The molecular formula is C19H20N4O2. The fraction of sp³-hybridized carbons (Fsp3) is 0.211. The molecule has 0 unspecified atom stereocenters. The van der Waals surface area contributed by atoms with Gasteiger partial charge in [0.25, 0.3) is 5.91 Å². The number of amides is 1. The number of para-hydroxylation sites is 1. The molecule has 0 N–H and O–H groups in total. The number of nitrogens with zero attached hydrogens (tertiary/aromatic N) is 4. The average molecular weight is 336 g/mol. The third kappa shape index (κ3) is 4.23. The highest BCUT2D eigenvalue weighted by Crippen LogP contribution is 2.12. The summed E-state index contributed by atoms with van der Waals surface area (Å²) in [6.07, 6.45) is 1.48. The molecule has 0 aliphatic carbocycles. The molecule has 0 saturated carbocycles. The van der Waals surface area contributed by atoms with Crippen LogP contribution in [0.3, 0.4) is 0 Å². The van der Waals surface area contributed by atoms with Crippen molar-refractivity contribution in [2.24, 2.45) is 0 Å². The molecule has 0 bridgehead atoms. The Morgan fingerprint density at radius 1 is 1.16 bits per heavy atom. The van der Waals surface area contributed by atoms with E-state index in [1.807, 2.05) is 61.5 Å². The zero-order valence-electron chi connectivity index (χ0n) is 14.3. The van der Waals surface area contributed by atoms with Crippen molar-refractivity contribution in [3.05, 3.63) is 72.1 Å². The lowest BCUT2D eigenvalue weighted by Crippen LogP contribution is -2.31. The molecule has 0 radical (unpaired) electrons. The number of aromatic nitrogens is 3. The lowest BCUT2D eigenvalue weighted by Gasteiger charge is -2.16. The van der Waals surface area contributed by atoms with Gasteiger partial charge in [0, 0.05) is 7.05 Å². The summed E-state index contributed by atoms with van der Waals surface area (Å²) in [5, 5.41) is 8.41. The van der Waals surface area contributed by atoms with Crippen LogP contribution >= 0.6 is 0 Å². The molecule has 6 nitrogen and oxygen atoms in total. The first-order valence-corrected chi connectivity index (χ1v) is 8.06. The van der Waals surface area contributed by atoms with Crippen LogP contribution in [0, 0.1) is 6.92 Å². The third-order valence-electron chi connectivity index (χ3n) is 3.73. The minimum atomic E-state index is -0.185. The largest absolute Gasteiger partial charge is 0.492 e. The van der Waals surface area contributed by atoms with E-state index in [2.05, 4.69) is 10.2 Å². The van der Waals surface area contributed by atoms with Crippen molar-refractivity contribution in [2.45, 2.75) is 6.92 Å². The highest BCUT2D eigenvalue weighted by Gasteiger charge is 2.16. The number of hydrogen-bond donors (Lipinski definition) is 0. The molecule has 25 heavy (non-hydrogen) atoms. The normalized spacial score (nSPS) is 10.5. The van der Waals surface area contributed by atoms with Gasteiger partial charge < -0.3 is 9.64 Å². The second kappa shape index (κ2) is 7.61. The minimum absolute atomic E-state index is 0.185. The standard InChI is InChI=1S/C19H20N4O2/c1-15-7-6-10-17(13-15)25-12-11-22(2)19(24)18-14-20-23(21-18)16-8-4-3-5-9-16/h3-10,13-14H,11-12H2,1-2H3. The molecule has 6 heteroatoms. The highest BCUT2D eigenvalue weighted by molar-refractivity contribution is 5.91. The Morgan fingerprint density at radius 2 is 1.96 bits per heavy atom. The van der Waals surface area contributed by atoms with Gasteiger partial charge in [-0.15, -0.1) is 5.10 Å².